The minimum atomic E-state index is -5.36. The van der Waals surface area contributed by atoms with E-state index in [1.54, 1.807) is 0 Å². The zero-order valence-electron chi connectivity index (χ0n) is 28.2. The Morgan fingerprint density at radius 2 is 0.887 bits per heavy atom. The Morgan fingerprint density at radius 3 is 1.19 bits per heavy atom. The van der Waals surface area contributed by atoms with Crippen LogP contribution in [0.3, 0.4) is 0 Å². The Balaban J connectivity index is 0.000000670. The standard InChI is InChI=1S/C31H29N9.H4O7P2.4H2O/c1-35-26-6-3-7-27(32-26)36(2)29-9-5-11-31(34-29)40-19-17-38(23-40)21-25-14-12-24(13-15-25)20-37-16-18-39(22-37)30-10-4-8-28(35)33-30;1-8(2,3)7-9(4,5)6;;;;/h3-19,22-23H,20-21H2,1-2H3;(H2,1,2,3)(H2,4,5,6);4*1H2/q+2;;;;;/p-2. The molecule has 2 aliphatic rings. The van der Waals surface area contributed by atoms with Crippen molar-refractivity contribution in [3.05, 3.63) is 127 Å². The van der Waals surface area contributed by atoms with Gasteiger partial charge in [0, 0.05) is 26.2 Å². The minimum Gasteiger partial charge on any atom is -0.756 e. The summed E-state index contributed by atoms with van der Waals surface area (Å²) >= 11 is 0. The van der Waals surface area contributed by atoms with E-state index in [0.29, 0.717) is 0 Å². The predicted molar refractivity (Wildman–Crippen MR) is 188 cm³/mol. The van der Waals surface area contributed by atoms with Gasteiger partial charge in [-0.15, -0.1) is 0 Å². The lowest BCUT2D eigenvalue weighted by molar-refractivity contribution is -0.688. The summed E-state index contributed by atoms with van der Waals surface area (Å²) in [5.41, 5.74) is 2.48. The lowest BCUT2D eigenvalue weighted by Gasteiger charge is -2.22. The molecule has 7 heterocycles. The lowest BCUT2D eigenvalue weighted by atomic mass is 10.1. The van der Waals surface area contributed by atoms with Gasteiger partial charge in [0.25, 0.3) is 28.3 Å². The summed E-state index contributed by atoms with van der Waals surface area (Å²) in [4.78, 5) is 53.0. The summed E-state index contributed by atoms with van der Waals surface area (Å²) < 4.78 is 30.1. The average Bonchev–Trinajstić information content (AvgIpc) is 3.73. The van der Waals surface area contributed by atoms with Gasteiger partial charge in [0.05, 0.1) is 0 Å². The van der Waals surface area contributed by atoms with E-state index < -0.39 is 15.6 Å². The number of nitrogens with zero attached hydrogens (tertiary/aromatic N) is 9. The smallest absolute Gasteiger partial charge is 0.271 e. The second-order valence-electron chi connectivity index (χ2n) is 11.0. The molecule has 5 aromatic heterocycles. The van der Waals surface area contributed by atoms with Gasteiger partial charge >= 0.3 is 0 Å². The van der Waals surface area contributed by atoms with E-state index in [1.165, 1.54) is 11.1 Å². The Bertz CT molecular complexity index is 2040. The molecule has 2 unspecified atom stereocenters. The number of phosphoric acid groups is 2. The van der Waals surface area contributed by atoms with Crippen molar-refractivity contribution in [2.24, 2.45) is 0 Å². The Kier molecular flexibility index (Phi) is 14.9. The van der Waals surface area contributed by atoms with Crippen molar-refractivity contribution >= 4 is 38.9 Å². The zero-order valence-corrected chi connectivity index (χ0v) is 30.0. The van der Waals surface area contributed by atoms with Crippen LogP contribution in [0.2, 0.25) is 0 Å². The number of pyridine rings is 3. The summed E-state index contributed by atoms with van der Waals surface area (Å²) in [5.74, 6) is 4.88. The molecular weight excluding hydrogens is 736 g/mol. The third-order valence-electron chi connectivity index (χ3n) is 7.41. The quantitative estimate of drug-likeness (QED) is 0.152. The highest BCUT2D eigenvalue weighted by Crippen LogP contribution is 2.48. The van der Waals surface area contributed by atoms with Gasteiger partial charge in [0.15, 0.2) is 0 Å². The van der Waals surface area contributed by atoms with Crippen molar-refractivity contribution in [3.8, 4) is 11.6 Å². The van der Waals surface area contributed by atoms with Crippen LogP contribution in [0, 0.1) is 0 Å². The van der Waals surface area contributed by atoms with E-state index >= 15 is 0 Å². The van der Waals surface area contributed by atoms with E-state index in [4.69, 9.17) is 24.7 Å². The molecule has 0 radical (unpaired) electrons. The minimum absolute atomic E-state index is 0. The summed E-state index contributed by atoms with van der Waals surface area (Å²) in [5, 5.41) is 0. The third-order valence-corrected chi connectivity index (χ3v) is 9.06. The molecule has 53 heavy (non-hydrogen) atoms. The first-order valence-corrected chi connectivity index (χ1v) is 17.7. The highest BCUT2D eigenvalue weighted by Gasteiger charge is 2.17. The SMILES string of the molecule is CN1c2cccc(n2)N(C)c2cccc(n2)-n2cc[n+](c2)Cc2ccc(cc2)C[n+]2ccn(c2)-c2cccc1n2.O.O.O.O.O=P([O-])(O)OP(=O)([O-])O. The third kappa shape index (κ3) is 11.4. The van der Waals surface area contributed by atoms with Gasteiger partial charge in [0.1, 0.15) is 61.1 Å². The number of anilines is 4. The second kappa shape index (κ2) is 18.0. The van der Waals surface area contributed by atoms with Crippen LogP contribution in [0.15, 0.2) is 116 Å². The summed E-state index contributed by atoms with van der Waals surface area (Å²) in [6, 6.07) is 26.8. The number of aromatic nitrogens is 7. The molecule has 1 aromatic carbocycles. The fourth-order valence-corrected chi connectivity index (χ4v) is 6.10. The van der Waals surface area contributed by atoms with Crippen molar-refractivity contribution in [2.75, 3.05) is 23.9 Å². The molecule has 0 saturated carbocycles. The maximum atomic E-state index is 9.48. The number of rotatable bonds is 2. The Morgan fingerprint density at radius 1 is 0.585 bits per heavy atom. The molecule has 6 aromatic rings. The monoisotopic (exact) mass is 775 g/mol. The largest absolute Gasteiger partial charge is 0.756 e. The van der Waals surface area contributed by atoms with Gasteiger partial charge in [-0.3, -0.25) is 9.13 Å². The molecule has 0 spiro atoms. The van der Waals surface area contributed by atoms with E-state index in [-0.39, 0.29) is 21.9 Å². The van der Waals surface area contributed by atoms with Crippen LogP contribution < -0.4 is 28.7 Å². The predicted octanol–water partition coefficient (Wildman–Crippen LogP) is -1.40. The van der Waals surface area contributed by atoms with Crippen molar-refractivity contribution < 1.29 is 64.1 Å². The van der Waals surface area contributed by atoms with Gasteiger partial charge in [-0.05, 0) is 35.4 Å². The van der Waals surface area contributed by atoms with Crippen molar-refractivity contribution in [3.63, 3.8) is 0 Å². The first kappa shape index (κ1) is 44.0. The van der Waals surface area contributed by atoms with Crippen molar-refractivity contribution in [2.45, 2.75) is 13.1 Å². The zero-order chi connectivity index (χ0) is 34.8. The maximum absolute atomic E-state index is 9.48. The summed E-state index contributed by atoms with van der Waals surface area (Å²) in [6.45, 7) is 1.56. The molecule has 0 saturated heterocycles. The fourth-order valence-electron chi connectivity index (χ4n) is 5.05. The van der Waals surface area contributed by atoms with Crippen LogP contribution in [-0.2, 0) is 26.5 Å². The van der Waals surface area contributed by atoms with E-state index in [0.717, 1.165) is 48.0 Å². The highest BCUT2D eigenvalue weighted by atomic mass is 31.3. The van der Waals surface area contributed by atoms with Crippen molar-refractivity contribution in [1.29, 1.82) is 0 Å². The molecular formula is C31H39N9O11P2. The van der Waals surface area contributed by atoms with Crippen LogP contribution in [0.25, 0.3) is 11.6 Å². The average molecular weight is 776 g/mol. The molecule has 12 bridgehead atoms. The fraction of sp³-hybridized carbons (Fsp3) is 0.129. The van der Waals surface area contributed by atoms with Crippen LogP contribution in [-0.4, -0.2) is 69.9 Å². The van der Waals surface area contributed by atoms with Gasteiger partial charge < -0.3 is 51.3 Å². The molecule has 2 atom stereocenters. The topological polar surface area (TPSA) is 319 Å². The maximum Gasteiger partial charge on any atom is 0.271 e. The van der Waals surface area contributed by atoms with Crippen molar-refractivity contribution in [1.82, 2.24) is 24.1 Å². The van der Waals surface area contributed by atoms with E-state index in [9.17, 15) is 18.9 Å². The normalized spacial score (nSPS) is 13.9. The first-order chi connectivity index (χ1) is 23.3. The number of imidazole rings is 2. The Labute approximate surface area is 302 Å². The van der Waals surface area contributed by atoms with Crippen LogP contribution in [0.1, 0.15) is 11.1 Å². The number of hydrogen-bond donors (Lipinski definition) is 2. The van der Waals surface area contributed by atoms with Crippen LogP contribution >= 0.6 is 15.6 Å². The first-order valence-electron chi connectivity index (χ1n) is 14.7. The second-order valence-corrected chi connectivity index (χ2v) is 13.5. The van der Waals surface area contributed by atoms with Gasteiger partial charge in [-0.1, -0.05) is 42.5 Å². The van der Waals surface area contributed by atoms with Gasteiger partial charge in [-0.25, -0.2) is 18.4 Å². The summed E-state index contributed by atoms with van der Waals surface area (Å²) in [6.07, 6.45) is 12.4. The number of benzene rings is 1. The van der Waals surface area contributed by atoms with Gasteiger partial charge in [0.2, 0.25) is 11.6 Å². The van der Waals surface area contributed by atoms with E-state index in [2.05, 4.69) is 62.8 Å². The van der Waals surface area contributed by atoms with Gasteiger partial charge in [-0.2, -0.15) is 19.1 Å². The molecule has 2 aliphatic heterocycles. The lowest BCUT2D eigenvalue weighted by Crippen LogP contribution is -2.32. The number of hydrogen-bond acceptors (Lipinski definition) is 10. The molecule has 284 valence electrons. The molecule has 10 N–H and O–H groups in total. The molecule has 0 amide bonds. The van der Waals surface area contributed by atoms with Crippen LogP contribution in [0.4, 0.5) is 23.3 Å². The molecule has 20 nitrogen and oxygen atoms in total. The number of fused-ring (bicyclic) bond motifs is 2. The molecule has 22 heteroatoms. The Hall–Kier alpha value is -5.21. The highest BCUT2D eigenvalue weighted by molar-refractivity contribution is 7.58. The molecule has 0 fully saturated rings. The molecule has 8 rings (SSSR count). The van der Waals surface area contributed by atoms with E-state index in [1.807, 2.05) is 100 Å². The summed E-state index contributed by atoms with van der Waals surface area (Å²) in [7, 11) is -6.75. The molecule has 0 aliphatic carbocycles. The van der Waals surface area contributed by atoms with Crippen LogP contribution in [0.5, 0.6) is 0 Å².